The maximum absolute atomic E-state index is 13.1. The van der Waals surface area contributed by atoms with Crippen molar-refractivity contribution < 1.29 is 24.2 Å². The molecule has 0 aliphatic rings. The number of benzene rings is 4. The second kappa shape index (κ2) is 11.7. The molecular weight excluding hydrogens is 528 g/mol. The summed E-state index contributed by atoms with van der Waals surface area (Å²) < 4.78 is 11.6. The van der Waals surface area contributed by atoms with Gasteiger partial charge >= 0.3 is 12.0 Å². The summed E-state index contributed by atoms with van der Waals surface area (Å²) in [4.78, 5) is 24.9. The van der Waals surface area contributed by atoms with Crippen LogP contribution in [0.4, 0.5) is 16.2 Å². The number of halogens is 1. The Bertz CT molecular complexity index is 1580. The SMILES string of the molecule is COc1ccc(-c2ccc(Oc3ccccc3C(C)(C)C)c(NC(=O)Nc3cccc(Cl)c3C)c2)cc1C(=O)O. The Hall–Kier alpha value is -4.49. The predicted molar refractivity (Wildman–Crippen MR) is 159 cm³/mol. The molecule has 0 aliphatic heterocycles. The maximum Gasteiger partial charge on any atom is 0.339 e. The molecule has 0 saturated heterocycles. The molecule has 0 aliphatic carbocycles. The molecule has 0 heterocycles. The third-order valence-corrected chi connectivity index (χ3v) is 6.83. The number of urea groups is 1. The molecular formula is C32H31ClN2O5. The van der Waals surface area contributed by atoms with Gasteiger partial charge < -0.3 is 25.2 Å². The van der Waals surface area contributed by atoms with Crippen molar-refractivity contribution in [1.82, 2.24) is 0 Å². The number of anilines is 2. The molecule has 0 saturated carbocycles. The number of carboxylic acid groups (broad SMARTS) is 1. The average Bonchev–Trinajstić information content (AvgIpc) is 2.91. The summed E-state index contributed by atoms with van der Waals surface area (Å²) in [5, 5.41) is 15.9. The fourth-order valence-electron chi connectivity index (χ4n) is 4.26. The highest BCUT2D eigenvalue weighted by molar-refractivity contribution is 6.31. The molecule has 4 rings (SSSR count). The summed E-state index contributed by atoms with van der Waals surface area (Å²) in [6.07, 6.45) is 0. The minimum Gasteiger partial charge on any atom is -0.496 e. The zero-order valence-corrected chi connectivity index (χ0v) is 23.7. The van der Waals surface area contributed by atoms with E-state index < -0.39 is 12.0 Å². The van der Waals surface area contributed by atoms with Gasteiger partial charge in [-0.2, -0.15) is 0 Å². The molecule has 0 aromatic heterocycles. The molecule has 0 atom stereocenters. The molecule has 4 aromatic carbocycles. The van der Waals surface area contributed by atoms with Crippen molar-refractivity contribution >= 4 is 35.0 Å². The van der Waals surface area contributed by atoms with Crippen LogP contribution in [0.15, 0.2) is 78.9 Å². The quantitative estimate of drug-likeness (QED) is 0.211. The Balaban J connectivity index is 1.75. The number of amides is 2. The van der Waals surface area contributed by atoms with Gasteiger partial charge in [0.05, 0.1) is 12.8 Å². The molecule has 3 N–H and O–H groups in total. The summed E-state index contributed by atoms with van der Waals surface area (Å²) >= 11 is 6.23. The van der Waals surface area contributed by atoms with Crippen molar-refractivity contribution in [2.24, 2.45) is 0 Å². The van der Waals surface area contributed by atoms with E-state index in [9.17, 15) is 14.7 Å². The summed E-state index contributed by atoms with van der Waals surface area (Å²) in [5.74, 6) is 0.233. The van der Waals surface area contributed by atoms with E-state index >= 15 is 0 Å². The van der Waals surface area contributed by atoms with Crippen LogP contribution in [0.1, 0.15) is 42.3 Å². The van der Waals surface area contributed by atoms with Crippen LogP contribution in [0, 0.1) is 6.92 Å². The van der Waals surface area contributed by atoms with Gasteiger partial charge in [-0.05, 0) is 71.5 Å². The highest BCUT2D eigenvalue weighted by Crippen LogP contribution is 2.39. The van der Waals surface area contributed by atoms with Gasteiger partial charge in [0.2, 0.25) is 0 Å². The normalized spacial score (nSPS) is 11.1. The number of rotatable bonds is 7. The molecule has 0 unspecified atom stereocenters. The number of aromatic carboxylic acids is 1. The monoisotopic (exact) mass is 558 g/mol. The Morgan fingerprint density at radius 1 is 0.800 bits per heavy atom. The molecule has 4 aromatic rings. The van der Waals surface area contributed by atoms with E-state index in [1.807, 2.05) is 37.3 Å². The van der Waals surface area contributed by atoms with Crippen molar-refractivity contribution in [2.75, 3.05) is 17.7 Å². The lowest BCUT2D eigenvalue weighted by atomic mass is 9.86. The van der Waals surface area contributed by atoms with Crippen LogP contribution in [0.2, 0.25) is 5.02 Å². The maximum atomic E-state index is 13.1. The van der Waals surface area contributed by atoms with Gasteiger partial charge in [-0.25, -0.2) is 9.59 Å². The lowest BCUT2D eigenvalue weighted by Gasteiger charge is -2.23. The van der Waals surface area contributed by atoms with Crippen LogP contribution in [-0.4, -0.2) is 24.2 Å². The van der Waals surface area contributed by atoms with E-state index in [1.54, 1.807) is 42.5 Å². The minimum absolute atomic E-state index is 0.0307. The van der Waals surface area contributed by atoms with E-state index in [4.69, 9.17) is 21.1 Å². The van der Waals surface area contributed by atoms with Gasteiger partial charge in [0.25, 0.3) is 0 Å². The number of para-hydroxylation sites is 1. The van der Waals surface area contributed by atoms with Crippen LogP contribution in [0.25, 0.3) is 11.1 Å². The molecule has 0 radical (unpaired) electrons. The van der Waals surface area contributed by atoms with Gasteiger partial charge in [-0.15, -0.1) is 0 Å². The van der Waals surface area contributed by atoms with Crippen molar-refractivity contribution in [3.8, 4) is 28.4 Å². The first kappa shape index (κ1) is 28.5. The standard InChI is InChI=1S/C32H31ClN2O5/c1-19-24(33)10-8-11-25(19)34-31(38)35-26-18-21(20-13-15-27(39-5)22(17-20)30(36)37)14-16-29(26)40-28-12-7-6-9-23(28)32(2,3)4/h6-18H,1-5H3,(H,36,37)(H2,34,35,38). The second-order valence-corrected chi connectivity index (χ2v) is 10.7. The fraction of sp³-hybridized carbons (Fsp3) is 0.188. The highest BCUT2D eigenvalue weighted by Gasteiger charge is 2.21. The van der Waals surface area contributed by atoms with Gasteiger partial charge in [-0.3, -0.25) is 0 Å². The highest BCUT2D eigenvalue weighted by atomic mass is 35.5. The molecule has 40 heavy (non-hydrogen) atoms. The third-order valence-electron chi connectivity index (χ3n) is 6.42. The number of carboxylic acids is 1. The molecule has 0 bridgehead atoms. The minimum atomic E-state index is -1.10. The third kappa shape index (κ3) is 6.38. The molecule has 0 spiro atoms. The van der Waals surface area contributed by atoms with Crippen molar-refractivity contribution in [3.05, 3.63) is 101 Å². The van der Waals surface area contributed by atoms with Gasteiger partial charge in [0.15, 0.2) is 5.75 Å². The molecule has 0 fully saturated rings. The van der Waals surface area contributed by atoms with E-state index in [1.165, 1.54) is 13.2 Å². The van der Waals surface area contributed by atoms with Crippen LogP contribution in [-0.2, 0) is 5.41 Å². The Morgan fingerprint density at radius 2 is 1.45 bits per heavy atom. The Kier molecular flexibility index (Phi) is 8.35. The topological polar surface area (TPSA) is 96.9 Å². The number of hydrogen-bond donors (Lipinski definition) is 3. The van der Waals surface area contributed by atoms with E-state index in [2.05, 4.69) is 31.4 Å². The Morgan fingerprint density at radius 3 is 2.12 bits per heavy atom. The van der Waals surface area contributed by atoms with Crippen LogP contribution in [0.3, 0.4) is 0 Å². The van der Waals surface area contributed by atoms with E-state index in [0.29, 0.717) is 39.0 Å². The lowest BCUT2D eigenvalue weighted by Crippen LogP contribution is -2.20. The lowest BCUT2D eigenvalue weighted by molar-refractivity contribution is 0.0693. The number of hydrogen-bond acceptors (Lipinski definition) is 4. The van der Waals surface area contributed by atoms with E-state index in [0.717, 1.165) is 11.1 Å². The molecule has 2 amide bonds. The molecule has 7 nitrogen and oxygen atoms in total. The van der Waals surface area contributed by atoms with Crippen LogP contribution in [0.5, 0.6) is 17.2 Å². The number of carbonyl (C=O) groups excluding carboxylic acids is 1. The van der Waals surface area contributed by atoms with Crippen LogP contribution < -0.4 is 20.1 Å². The number of methoxy groups -OCH3 is 1. The zero-order chi connectivity index (χ0) is 29.0. The Labute approximate surface area is 238 Å². The van der Waals surface area contributed by atoms with Crippen molar-refractivity contribution in [3.63, 3.8) is 0 Å². The van der Waals surface area contributed by atoms with Gasteiger partial charge in [0.1, 0.15) is 17.1 Å². The van der Waals surface area contributed by atoms with Gasteiger partial charge in [0, 0.05) is 16.3 Å². The largest absolute Gasteiger partial charge is 0.496 e. The first-order valence-corrected chi connectivity index (χ1v) is 13.0. The van der Waals surface area contributed by atoms with Crippen LogP contribution >= 0.6 is 11.6 Å². The summed E-state index contributed by atoms with van der Waals surface area (Å²) in [7, 11) is 1.42. The zero-order valence-electron chi connectivity index (χ0n) is 23.0. The summed E-state index contributed by atoms with van der Waals surface area (Å²) in [5.41, 5.74) is 3.87. The van der Waals surface area contributed by atoms with E-state index in [-0.39, 0.29) is 16.7 Å². The number of nitrogens with one attached hydrogen (secondary N) is 2. The average molecular weight is 559 g/mol. The second-order valence-electron chi connectivity index (χ2n) is 10.3. The predicted octanol–water partition coefficient (Wildman–Crippen LogP) is 8.76. The van der Waals surface area contributed by atoms with Gasteiger partial charge in [-0.1, -0.05) is 68.8 Å². The van der Waals surface area contributed by atoms with Crippen molar-refractivity contribution in [2.45, 2.75) is 33.1 Å². The first-order valence-electron chi connectivity index (χ1n) is 12.6. The fourth-order valence-corrected chi connectivity index (χ4v) is 4.44. The van der Waals surface area contributed by atoms with Crippen molar-refractivity contribution in [1.29, 1.82) is 0 Å². The molecule has 206 valence electrons. The molecule has 8 heteroatoms. The summed E-state index contributed by atoms with van der Waals surface area (Å²) in [6.45, 7) is 8.12. The summed E-state index contributed by atoms with van der Waals surface area (Å²) in [6, 6.07) is 22.7. The smallest absolute Gasteiger partial charge is 0.339 e. The number of carbonyl (C=O) groups is 2. The number of ether oxygens (including phenoxy) is 2. The first-order chi connectivity index (χ1) is 19.0.